The van der Waals surface area contributed by atoms with E-state index in [0.717, 1.165) is 11.1 Å². The first-order valence-electron chi connectivity index (χ1n) is 12.5. The second kappa shape index (κ2) is 13.2. The van der Waals surface area contributed by atoms with Gasteiger partial charge in [0.1, 0.15) is 23.2 Å². The van der Waals surface area contributed by atoms with Crippen LogP contribution in [0, 0.1) is 0 Å². The average Bonchev–Trinajstić information content (AvgIpc) is 2.99. The second-order valence-corrected chi connectivity index (χ2v) is 8.90. The van der Waals surface area contributed by atoms with E-state index in [4.69, 9.17) is 4.74 Å². The zero-order valence-corrected chi connectivity index (χ0v) is 21.4. The van der Waals surface area contributed by atoms with Crippen LogP contribution in [0.2, 0.25) is 0 Å². The number of carboxylic acids is 1. The van der Waals surface area contributed by atoms with Gasteiger partial charge in [0.25, 0.3) is 0 Å². The van der Waals surface area contributed by atoms with E-state index < -0.39 is 12.6 Å². The van der Waals surface area contributed by atoms with Gasteiger partial charge in [0.2, 0.25) is 0 Å². The number of carbonyl (C=O) groups is 1. The number of hydrogen-bond donors (Lipinski definition) is 0. The van der Waals surface area contributed by atoms with Crippen LogP contribution in [-0.2, 0) is 9.53 Å². The molecule has 0 unspecified atom stereocenters. The van der Waals surface area contributed by atoms with Crippen molar-refractivity contribution < 1.29 is 14.6 Å². The molecule has 0 N–H and O–H groups in total. The maximum Gasteiger partial charge on any atom is 0.142 e. The molecule has 0 amide bonds. The van der Waals surface area contributed by atoms with Crippen molar-refractivity contribution in [2.75, 3.05) is 13.7 Å². The van der Waals surface area contributed by atoms with Crippen LogP contribution in [0.25, 0.3) is 0 Å². The Balaban J connectivity index is 0.000000178. The van der Waals surface area contributed by atoms with E-state index in [1.807, 2.05) is 60.7 Å². The SMILES string of the molecule is C[N+](c1ccccc1)(c1ccccc1)c1ccccc1.O=C([O-])COC(c1ccccc1)c1ccccc1. The summed E-state index contributed by atoms with van der Waals surface area (Å²) >= 11 is 0. The summed E-state index contributed by atoms with van der Waals surface area (Å²) in [5, 5.41) is 10.5. The molecular weight excluding hydrogens is 470 g/mol. The molecule has 5 rings (SSSR count). The number of para-hydroxylation sites is 3. The van der Waals surface area contributed by atoms with Crippen LogP contribution in [0.3, 0.4) is 0 Å². The highest BCUT2D eigenvalue weighted by molar-refractivity contribution is 5.70. The largest absolute Gasteiger partial charge is 0.548 e. The van der Waals surface area contributed by atoms with Crippen LogP contribution in [0.15, 0.2) is 152 Å². The van der Waals surface area contributed by atoms with E-state index in [2.05, 4.69) is 98.0 Å². The van der Waals surface area contributed by atoms with Crippen molar-refractivity contribution >= 4 is 23.0 Å². The molecule has 5 aromatic carbocycles. The van der Waals surface area contributed by atoms with E-state index >= 15 is 0 Å². The number of quaternary nitrogens is 1. The van der Waals surface area contributed by atoms with Crippen molar-refractivity contribution in [2.24, 2.45) is 0 Å². The van der Waals surface area contributed by atoms with E-state index in [9.17, 15) is 9.90 Å². The summed E-state index contributed by atoms with van der Waals surface area (Å²) in [6, 6.07) is 50.9. The van der Waals surface area contributed by atoms with E-state index in [0.29, 0.717) is 4.48 Å². The first kappa shape index (κ1) is 26.6. The monoisotopic (exact) mass is 501 g/mol. The number of hydrogen-bond acceptors (Lipinski definition) is 3. The molecule has 0 saturated carbocycles. The molecule has 4 nitrogen and oxygen atoms in total. The summed E-state index contributed by atoms with van der Waals surface area (Å²) in [6.45, 7) is -0.422. The summed E-state index contributed by atoms with van der Waals surface area (Å²) < 4.78 is 6.08. The Kier molecular flexibility index (Phi) is 9.19. The molecule has 190 valence electrons. The topological polar surface area (TPSA) is 49.4 Å². The summed E-state index contributed by atoms with van der Waals surface area (Å²) in [7, 11) is 2.24. The van der Waals surface area contributed by atoms with Crippen LogP contribution in [0.1, 0.15) is 17.2 Å². The maximum atomic E-state index is 10.5. The molecule has 0 bridgehead atoms. The lowest BCUT2D eigenvalue weighted by atomic mass is 10.0. The molecule has 0 aliphatic rings. The van der Waals surface area contributed by atoms with E-state index in [1.54, 1.807) is 0 Å². The van der Waals surface area contributed by atoms with Crippen LogP contribution in [0.4, 0.5) is 17.1 Å². The fourth-order valence-corrected chi connectivity index (χ4v) is 4.42. The minimum absolute atomic E-state index is 0.384. The third-order valence-corrected chi connectivity index (χ3v) is 6.39. The van der Waals surface area contributed by atoms with Crippen LogP contribution in [-0.4, -0.2) is 19.6 Å². The van der Waals surface area contributed by atoms with Gasteiger partial charge in [-0.2, -0.15) is 0 Å². The Morgan fingerprint density at radius 2 is 0.868 bits per heavy atom. The normalized spacial score (nSPS) is 10.9. The smallest absolute Gasteiger partial charge is 0.142 e. The quantitative estimate of drug-likeness (QED) is 0.219. The standard InChI is InChI=1S/C19H18N.C15H14O3/c1-20(17-11-5-2-6-12-17,18-13-7-3-8-14-18)19-15-9-4-10-16-19;16-14(17)11-18-15(12-7-3-1-4-8-12)13-9-5-2-6-10-13/h2-16H,1H3;1-10,15H,11H2,(H,16,17)/q+1;/p-1. The van der Waals surface area contributed by atoms with Crippen LogP contribution < -0.4 is 9.59 Å². The molecule has 5 aromatic rings. The summed E-state index contributed by atoms with van der Waals surface area (Å²) in [5.74, 6) is -1.22. The third kappa shape index (κ3) is 6.62. The Labute approximate surface area is 224 Å². The summed E-state index contributed by atoms with van der Waals surface area (Å²) in [4.78, 5) is 10.5. The lowest BCUT2D eigenvalue weighted by Gasteiger charge is -2.33. The van der Waals surface area contributed by atoms with Crippen molar-refractivity contribution in [3.05, 3.63) is 163 Å². The molecule has 38 heavy (non-hydrogen) atoms. The average molecular weight is 502 g/mol. The van der Waals surface area contributed by atoms with Gasteiger partial charge in [-0.1, -0.05) is 115 Å². The molecule has 4 heteroatoms. The van der Waals surface area contributed by atoms with Crippen molar-refractivity contribution in [1.82, 2.24) is 4.48 Å². The van der Waals surface area contributed by atoms with Crippen LogP contribution in [0.5, 0.6) is 0 Å². The molecule has 0 aliphatic carbocycles. The van der Waals surface area contributed by atoms with Crippen LogP contribution >= 0.6 is 0 Å². The fraction of sp³-hybridized carbons (Fsp3) is 0.0882. The van der Waals surface area contributed by atoms with E-state index in [1.165, 1.54) is 17.1 Å². The Morgan fingerprint density at radius 3 is 1.16 bits per heavy atom. The number of carbonyl (C=O) groups excluding carboxylic acids is 1. The lowest BCUT2D eigenvalue weighted by Crippen LogP contribution is -2.33. The molecule has 0 spiro atoms. The Hall–Kier alpha value is -4.51. The molecule has 0 aromatic heterocycles. The van der Waals surface area contributed by atoms with Gasteiger partial charge >= 0.3 is 0 Å². The highest BCUT2D eigenvalue weighted by Gasteiger charge is 2.30. The maximum absolute atomic E-state index is 10.5. The fourth-order valence-electron chi connectivity index (χ4n) is 4.42. The van der Waals surface area contributed by atoms with Crippen molar-refractivity contribution in [2.45, 2.75) is 6.10 Å². The Bertz CT molecular complexity index is 1240. The van der Waals surface area contributed by atoms with Crippen molar-refractivity contribution in [3.8, 4) is 0 Å². The van der Waals surface area contributed by atoms with Gasteiger partial charge in [0, 0.05) is 0 Å². The minimum Gasteiger partial charge on any atom is -0.548 e. The van der Waals surface area contributed by atoms with Crippen molar-refractivity contribution in [3.63, 3.8) is 0 Å². The number of ether oxygens (including phenoxy) is 1. The first-order chi connectivity index (χ1) is 18.6. The number of rotatable bonds is 8. The predicted molar refractivity (Wildman–Crippen MR) is 152 cm³/mol. The molecule has 0 radical (unpaired) electrons. The highest BCUT2D eigenvalue weighted by Crippen LogP contribution is 2.41. The number of benzene rings is 5. The molecule has 0 aliphatic heterocycles. The van der Waals surface area contributed by atoms with Gasteiger partial charge < -0.3 is 14.6 Å². The lowest BCUT2D eigenvalue weighted by molar-refractivity contribution is -0.310. The zero-order chi connectivity index (χ0) is 26.6. The highest BCUT2D eigenvalue weighted by atomic mass is 16.5. The van der Waals surface area contributed by atoms with Crippen molar-refractivity contribution in [1.29, 1.82) is 0 Å². The molecule has 0 heterocycles. The Morgan fingerprint density at radius 1 is 0.579 bits per heavy atom. The predicted octanol–water partition coefficient (Wildman–Crippen LogP) is 6.83. The second-order valence-electron chi connectivity index (χ2n) is 8.90. The number of nitrogens with zero attached hydrogens (tertiary/aromatic N) is 1. The minimum atomic E-state index is -1.22. The first-order valence-corrected chi connectivity index (χ1v) is 12.5. The summed E-state index contributed by atoms with van der Waals surface area (Å²) in [6.07, 6.45) is -0.384. The molecular formula is C34H31NO3. The molecule has 0 saturated heterocycles. The van der Waals surface area contributed by atoms with Gasteiger partial charge in [-0.15, -0.1) is 0 Å². The van der Waals surface area contributed by atoms with Gasteiger partial charge in [-0.05, 0) is 47.5 Å². The number of carboxylic acid groups (broad SMARTS) is 1. The van der Waals surface area contributed by atoms with Gasteiger partial charge in [0.05, 0.1) is 19.6 Å². The number of aliphatic carboxylic acids is 1. The van der Waals surface area contributed by atoms with Gasteiger partial charge in [-0.3, -0.25) is 0 Å². The molecule has 0 atom stereocenters. The van der Waals surface area contributed by atoms with E-state index in [-0.39, 0.29) is 6.10 Å². The zero-order valence-electron chi connectivity index (χ0n) is 21.4. The summed E-state index contributed by atoms with van der Waals surface area (Å²) in [5.41, 5.74) is 5.61. The molecule has 0 fully saturated rings. The van der Waals surface area contributed by atoms with Gasteiger partial charge in [0.15, 0.2) is 0 Å². The third-order valence-electron chi connectivity index (χ3n) is 6.39. The van der Waals surface area contributed by atoms with Gasteiger partial charge in [-0.25, -0.2) is 4.48 Å².